The van der Waals surface area contributed by atoms with Gasteiger partial charge in [-0.2, -0.15) is 13.2 Å². The van der Waals surface area contributed by atoms with Gasteiger partial charge in [0.15, 0.2) is 0 Å². The molecule has 1 aromatic rings. The van der Waals surface area contributed by atoms with Gasteiger partial charge in [0, 0.05) is 11.7 Å². The summed E-state index contributed by atoms with van der Waals surface area (Å²) < 4.78 is 36.8. The molecule has 0 spiro atoms. The normalized spacial score (nSPS) is 13.1. The summed E-state index contributed by atoms with van der Waals surface area (Å²) >= 11 is 0. The van der Waals surface area contributed by atoms with Crippen LogP contribution in [-0.2, 0) is 6.18 Å². The van der Waals surface area contributed by atoms with Crippen LogP contribution in [0.25, 0.3) is 0 Å². The van der Waals surface area contributed by atoms with E-state index in [2.05, 4.69) is 4.98 Å². The number of alkyl halides is 3. The first-order chi connectivity index (χ1) is 6.30. The molecule has 0 amide bonds. The number of hydrogen-bond acceptors (Lipinski definition) is 3. The number of nitrogen functional groups attached to an aromatic ring is 1. The number of nitrogens with zero attached hydrogens (tertiary/aromatic N) is 1. The Morgan fingerprint density at radius 1 is 1.33 bits per heavy atom. The van der Waals surface area contributed by atoms with Crippen LogP contribution in [0.5, 0.6) is 0 Å². The second kappa shape index (κ2) is 4.67. The van der Waals surface area contributed by atoms with E-state index in [0.29, 0.717) is 0 Å². The van der Waals surface area contributed by atoms with E-state index < -0.39 is 17.9 Å². The first-order valence-corrected chi connectivity index (χ1v) is 3.91. The van der Waals surface area contributed by atoms with Crippen molar-refractivity contribution >= 4 is 18.1 Å². The number of halogens is 4. The molecule has 1 atom stereocenters. The van der Waals surface area contributed by atoms with Crippen molar-refractivity contribution in [3.63, 3.8) is 0 Å². The lowest BCUT2D eigenvalue weighted by Crippen LogP contribution is -2.14. The molecule has 0 saturated carbocycles. The summed E-state index contributed by atoms with van der Waals surface area (Å²) in [6.45, 7) is 1.54. The lowest BCUT2D eigenvalue weighted by Gasteiger charge is -2.11. The van der Waals surface area contributed by atoms with Crippen molar-refractivity contribution in [1.29, 1.82) is 0 Å². The van der Waals surface area contributed by atoms with Crippen LogP contribution in [0.4, 0.5) is 18.9 Å². The predicted octanol–water partition coefficient (Wildman–Crippen LogP) is 2.12. The highest BCUT2D eigenvalue weighted by Gasteiger charge is 2.33. The van der Waals surface area contributed by atoms with Crippen LogP contribution in [0, 0.1) is 0 Å². The van der Waals surface area contributed by atoms with E-state index >= 15 is 0 Å². The van der Waals surface area contributed by atoms with Gasteiger partial charge in [0.1, 0.15) is 5.69 Å². The lowest BCUT2D eigenvalue weighted by molar-refractivity contribution is -0.141. The number of anilines is 1. The summed E-state index contributed by atoms with van der Waals surface area (Å²) in [7, 11) is 0. The van der Waals surface area contributed by atoms with Gasteiger partial charge in [0.25, 0.3) is 0 Å². The van der Waals surface area contributed by atoms with Gasteiger partial charge in [-0.1, -0.05) is 0 Å². The zero-order valence-corrected chi connectivity index (χ0v) is 8.69. The standard InChI is InChI=1S/C8H10F3N3.ClH/c1-4(12)6-2-5(13)3-7(14-6)8(9,10)11;/h2-4H,12H2,1H3,(H2,13,14);1H/t4-;/m1./s1. The molecule has 1 heterocycles. The number of rotatable bonds is 1. The Hall–Kier alpha value is -1.01. The van der Waals surface area contributed by atoms with Crippen molar-refractivity contribution in [2.75, 3.05) is 5.73 Å². The molecule has 0 radical (unpaired) electrons. The van der Waals surface area contributed by atoms with E-state index in [0.717, 1.165) is 6.07 Å². The van der Waals surface area contributed by atoms with E-state index in [-0.39, 0.29) is 23.8 Å². The highest BCUT2D eigenvalue weighted by Crippen LogP contribution is 2.29. The smallest absolute Gasteiger partial charge is 0.399 e. The fourth-order valence-electron chi connectivity index (χ4n) is 0.952. The van der Waals surface area contributed by atoms with Crippen molar-refractivity contribution in [2.24, 2.45) is 5.73 Å². The molecular weight excluding hydrogens is 231 g/mol. The maximum Gasteiger partial charge on any atom is 0.433 e. The number of aromatic nitrogens is 1. The first kappa shape index (κ1) is 14.0. The predicted molar refractivity (Wildman–Crippen MR) is 53.5 cm³/mol. The van der Waals surface area contributed by atoms with E-state index in [9.17, 15) is 13.2 Å². The molecule has 0 saturated heterocycles. The molecule has 15 heavy (non-hydrogen) atoms. The highest BCUT2D eigenvalue weighted by molar-refractivity contribution is 5.85. The molecule has 0 aromatic carbocycles. The third-order valence-electron chi connectivity index (χ3n) is 1.62. The fraction of sp³-hybridized carbons (Fsp3) is 0.375. The Morgan fingerprint density at radius 3 is 2.27 bits per heavy atom. The summed E-state index contributed by atoms with van der Waals surface area (Å²) in [4.78, 5) is 3.37. The minimum Gasteiger partial charge on any atom is -0.399 e. The van der Waals surface area contributed by atoms with Gasteiger partial charge in [0.2, 0.25) is 0 Å². The Bertz CT molecular complexity index is 338. The van der Waals surface area contributed by atoms with Gasteiger partial charge in [-0.15, -0.1) is 12.4 Å². The molecule has 4 N–H and O–H groups in total. The summed E-state index contributed by atoms with van der Waals surface area (Å²) in [5.74, 6) is 0. The number of nitrogens with two attached hydrogens (primary N) is 2. The zero-order chi connectivity index (χ0) is 10.9. The quantitative estimate of drug-likeness (QED) is 0.792. The molecule has 7 heteroatoms. The SMILES string of the molecule is C[C@@H](N)c1cc(N)cc(C(F)(F)F)n1.Cl. The maximum atomic E-state index is 12.3. The van der Waals surface area contributed by atoms with Gasteiger partial charge in [0.05, 0.1) is 5.69 Å². The third kappa shape index (κ3) is 3.56. The van der Waals surface area contributed by atoms with Crippen molar-refractivity contribution in [2.45, 2.75) is 19.1 Å². The molecule has 0 aliphatic carbocycles. The van der Waals surface area contributed by atoms with Crippen LogP contribution in [0.1, 0.15) is 24.4 Å². The van der Waals surface area contributed by atoms with Crippen molar-refractivity contribution in [3.8, 4) is 0 Å². The molecule has 3 nitrogen and oxygen atoms in total. The minimum absolute atomic E-state index is 0. The topological polar surface area (TPSA) is 64.9 Å². The molecule has 0 fully saturated rings. The van der Waals surface area contributed by atoms with Crippen molar-refractivity contribution in [1.82, 2.24) is 4.98 Å². The Balaban J connectivity index is 0.00000196. The van der Waals surface area contributed by atoms with E-state index in [4.69, 9.17) is 11.5 Å². The molecular formula is C8H11ClF3N3. The minimum atomic E-state index is -4.49. The second-order valence-electron chi connectivity index (χ2n) is 3.00. The molecule has 0 bridgehead atoms. The van der Waals surface area contributed by atoms with Gasteiger partial charge < -0.3 is 11.5 Å². The average molecular weight is 242 g/mol. The summed E-state index contributed by atoms with van der Waals surface area (Å²) in [6.07, 6.45) is -4.49. The Morgan fingerprint density at radius 2 is 1.87 bits per heavy atom. The molecule has 0 aliphatic rings. The number of pyridine rings is 1. The van der Waals surface area contributed by atoms with Crippen LogP contribution in [0.3, 0.4) is 0 Å². The average Bonchev–Trinajstić information content (AvgIpc) is 2.01. The fourth-order valence-corrected chi connectivity index (χ4v) is 0.952. The zero-order valence-electron chi connectivity index (χ0n) is 7.88. The van der Waals surface area contributed by atoms with E-state index in [1.54, 1.807) is 6.92 Å². The maximum absolute atomic E-state index is 12.3. The molecule has 0 aliphatic heterocycles. The van der Waals surface area contributed by atoms with Gasteiger partial charge in [-0.3, -0.25) is 0 Å². The van der Waals surface area contributed by atoms with Crippen molar-refractivity contribution < 1.29 is 13.2 Å². The van der Waals surface area contributed by atoms with Gasteiger partial charge >= 0.3 is 6.18 Å². The largest absolute Gasteiger partial charge is 0.433 e. The third-order valence-corrected chi connectivity index (χ3v) is 1.62. The Kier molecular flexibility index (Phi) is 4.36. The van der Waals surface area contributed by atoms with Crippen molar-refractivity contribution in [3.05, 3.63) is 23.5 Å². The van der Waals surface area contributed by atoms with Crippen LogP contribution < -0.4 is 11.5 Å². The van der Waals surface area contributed by atoms with Crippen LogP contribution in [0.15, 0.2) is 12.1 Å². The monoisotopic (exact) mass is 241 g/mol. The highest BCUT2D eigenvalue weighted by atomic mass is 35.5. The van der Waals surface area contributed by atoms with E-state index in [1.165, 1.54) is 6.07 Å². The lowest BCUT2D eigenvalue weighted by atomic mass is 10.2. The first-order valence-electron chi connectivity index (χ1n) is 3.91. The molecule has 0 unspecified atom stereocenters. The summed E-state index contributed by atoms with van der Waals surface area (Å²) in [5, 5.41) is 0. The second-order valence-corrected chi connectivity index (χ2v) is 3.00. The summed E-state index contributed by atoms with van der Waals surface area (Å²) in [5.41, 5.74) is 9.85. The van der Waals surface area contributed by atoms with Crippen LogP contribution in [0.2, 0.25) is 0 Å². The number of hydrogen-bond donors (Lipinski definition) is 2. The van der Waals surface area contributed by atoms with Gasteiger partial charge in [-0.25, -0.2) is 4.98 Å². The van der Waals surface area contributed by atoms with Gasteiger partial charge in [-0.05, 0) is 19.1 Å². The molecule has 86 valence electrons. The summed E-state index contributed by atoms with van der Waals surface area (Å²) in [6, 6.07) is 1.55. The van der Waals surface area contributed by atoms with E-state index in [1.807, 2.05) is 0 Å². The Labute approximate surface area is 91.1 Å². The molecule has 1 aromatic heterocycles. The molecule has 1 rings (SSSR count). The van der Waals surface area contributed by atoms with Crippen LogP contribution in [-0.4, -0.2) is 4.98 Å². The van der Waals surface area contributed by atoms with Crippen LogP contribution >= 0.6 is 12.4 Å².